The summed E-state index contributed by atoms with van der Waals surface area (Å²) in [5.74, 6) is 1.19. The molecule has 0 aliphatic rings. The molecule has 2 aromatic rings. The lowest BCUT2D eigenvalue weighted by Crippen LogP contribution is -2.04. The van der Waals surface area contributed by atoms with Gasteiger partial charge in [0.2, 0.25) is 0 Å². The van der Waals surface area contributed by atoms with Crippen molar-refractivity contribution < 1.29 is 9.84 Å². The smallest absolute Gasteiger partial charge is 0.126 e. The van der Waals surface area contributed by atoms with Crippen LogP contribution in [-0.2, 0) is 6.42 Å². The minimum absolute atomic E-state index is 0.586. The predicted molar refractivity (Wildman–Crippen MR) is 87.0 cm³/mol. The van der Waals surface area contributed by atoms with Crippen LogP contribution in [0.25, 0.3) is 0 Å². The Morgan fingerprint density at radius 3 is 2.57 bits per heavy atom. The zero-order chi connectivity index (χ0) is 15.4. The summed E-state index contributed by atoms with van der Waals surface area (Å²) in [5, 5.41) is 11.2. The summed E-state index contributed by atoms with van der Waals surface area (Å²) in [4.78, 5) is 0. The molecule has 0 saturated carbocycles. The molecule has 0 spiro atoms. The summed E-state index contributed by atoms with van der Waals surface area (Å²) >= 11 is 5.97. The van der Waals surface area contributed by atoms with Gasteiger partial charge in [0.1, 0.15) is 11.9 Å². The molecule has 1 atom stereocenters. The van der Waals surface area contributed by atoms with Crippen molar-refractivity contribution in [1.29, 1.82) is 0 Å². The lowest BCUT2D eigenvalue weighted by atomic mass is 9.96. The second-order valence-corrected chi connectivity index (χ2v) is 6.07. The molecule has 2 nitrogen and oxygen atoms in total. The lowest BCUT2D eigenvalue weighted by molar-refractivity contribution is 0.214. The molecule has 0 saturated heterocycles. The maximum atomic E-state index is 10.6. The van der Waals surface area contributed by atoms with Crippen LogP contribution in [0.2, 0.25) is 5.02 Å². The minimum Gasteiger partial charge on any atom is -0.496 e. The SMILES string of the molecule is COc1cc(Cl)ccc1C(O)c1cccc(CC(C)C)c1. The molecule has 0 bridgehead atoms. The first-order chi connectivity index (χ1) is 10.0. The van der Waals surface area contributed by atoms with Gasteiger partial charge < -0.3 is 9.84 Å². The lowest BCUT2D eigenvalue weighted by Gasteiger charge is -2.16. The molecule has 2 aromatic carbocycles. The number of aliphatic hydroxyl groups excluding tert-OH is 1. The van der Waals surface area contributed by atoms with Crippen LogP contribution in [0, 0.1) is 5.92 Å². The van der Waals surface area contributed by atoms with Gasteiger partial charge in [0, 0.05) is 10.6 Å². The number of aliphatic hydroxyl groups is 1. The fourth-order valence-corrected chi connectivity index (χ4v) is 2.61. The van der Waals surface area contributed by atoms with Crippen LogP contribution in [0.4, 0.5) is 0 Å². The van der Waals surface area contributed by atoms with E-state index in [1.54, 1.807) is 25.3 Å². The molecule has 0 radical (unpaired) electrons. The predicted octanol–water partition coefficient (Wildman–Crippen LogP) is 4.63. The van der Waals surface area contributed by atoms with Crippen molar-refractivity contribution in [3.8, 4) is 5.75 Å². The van der Waals surface area contributed by atoms with Gasteiger partial charge in [-0.25, -0.2) is 0 Å². The third-order valence-corrected chi connectivity index (χ3v) is 3.64. The summed E-state index contributed by atoms with van der Waals surface area (Å²) in [6.45, 7) is 4.37. The number of hydrogen-bond donors (Lipinski definition) is 1. The van der Waals surface area contributed by atoms with E-state index in [2.05, 4.69) is 26.0 Å². The standard InChI is InChI=1S/C18H21ClO2/c1-12(2)9-13-5-4-6-14(10-13)18(20)16-8-7-15(19)11-17(16)21-3/h4-8,10-12,18,20H,9H2,1-3H3. The number of ether oxygens (including phenoxy) is 1. The Hall–Kier alpha value is -1.51. The number of benzene rings is 2. The molecular weight excluding hydrogens is 284 g/mol. The summed E-state index contributed by atoms with van der Waals surface area (Å²) in [7, 11) is 1.58. The molecule has 0 heterocycles. The molecule has 1 unspecified atom stereocenters. The van der Waals surface area contributed by atoms with E-state index in [1.165, 1.54) is 5.56 Å². The van der Waals surface area contributed by atoms with Crippen LogP contribution in [0.15, 0.2) is 42.5 Å². The second-order valence-electron chi connectivity index (χ2n) is 5.63. The van der Waals surface area contributed by atoms with Gasteiger partial charge in [-0.2, -0.15) is 0 Å². The Bertz CT molecular complexity index is 608. The number of halogens is 1. The quantitative estimate of drug-likeness (QED) is 0.872. The van der Waals surface area contributed by atoms with E-state index >= 15 is 0 Å². The van der Waals surface area contributed by atoms with Gasteiger partial charge in [0.15, 0.2) is 0 Å². The van der Waals surface area contributed by atoms with Crippen LogP contribution in [0.3, 0.4) is 0 Å². The maximum absolute atomic E-state index is 10.6. The highest BCUT2D eigenvalue weighted by Gasteiger charge is 2.16. The highest BCUT2D eigenvalue weighted by molar-refractivity contribution is 6.30. The van der Waals surface area contributed by atoms with Gasteiger partial charge in [0.25, 0.3) is 0 Å². The van der Waals surface area contributed by atoms with Gasteiger partial charge in [0.05, 0.1) is 7.11 Å². The van der Waals surface area contributed by atoms with Crippen molar-refractivity contribution in [2.75, 3.05) is 7.11 Å². The minimum atomic E-state index is -0.718. The van der Waals surface area contributed by atoms with E-state index in [0.29, 0.717) is 16.7 Å². The van der Waals surface area contributed by atoms with Crippen molar-refractivity contribution in [2.24, 2.45) is 5.92 Å². The molecule has 0 aliphatic carbocycles. The maximum Gasteiger partial charge on any atom is 0.126 e. The Morgan fingerprint density at radius 1 is 1.14 bits per heavy atom. The van der Waals surface area contributed by atoms with Crippen molar-refractivity contribution in [3.05, 3.63) is 64.2 Å². The van der Waals surface area contributed by atoms with Crippen molar-refractivity contribution in [2.45, 2.75) is 26.4 Å². The largest absolute Gasteiger partial charge is 0.496 e. The zero-order valence-electron chi connectivity index (χ0n) is 12.6. The van der Waals surface area contributed by atoms with Crippen molar-refractivity contribution in [1.82, 2.24) is 0 Å². The third-order valence-electron chi connectivity index (χ3n) is 3.40. The van der Waals surface area contributed by atoms with Crippen LogP contribution in [0.1, 0.15) is 36.6 Å². The van der Waals surface area contributed by atoms with E-state index in [4.69, 9.17) is 16.3 Å². The first kappa shape index (κ1) is 15.9. The van der Waals surface area contributed by atoms with E-state index in [-0.39, 0.29) is 0 Å². The molecule has 2 rings (SSSR count). The van der Waals surface area contributed by atoms with Gasteiger partial charge in [-0.3, -0.25) is 0 Å². The average Bonchev–Trinajstić information content (AvgIpc) is 2.46. The van der Waals surface area contributed by atoms with E-state index < -0.39 is 6.10 Å². The summed E-state index contributed by atoms with van der Waals surface area (Å²) < 4.78 is 5.32. The van der Waals surface area contributed by atoms with Gasteiger partial charge in [-0.15, -0.1) is 0 Å². The van der Waals surface area contributed by atoms with Gasteiger partial charge in [-0.1, -0.05) is 55.8 Å². The summed E-state index contributed by atoms with van der Waals surface area (Å²) in [5.41, 5.74) is 2.83. The molecule has 21 heavy (non-hydrogen) atoms. The Balaban J connectivity index is 2.33. The van der Waals surface area contributed by atoms with Gasteiger partial charge in [-0.05, 0) is 35.6 Å². The molecule has 1 N–H and O–H groups in total. The summed E-state index contributed by atoms with van der Waals surface area (Å²) in [6.07, 6.45) is 0.280. The number of methoxy groups -OCH3 is 1. The summed E-state index contributed by atoms with van der Waals surface area (Å²) in [6, 6.07) is 13.4. The highest BCUT2D eigenvalue weighted by atomic mass is 35.5. The molecular formula is C18H21ClO2. The van der Waals surface area contributed by atoms with E-state index in [1.807, 2.05) is 12.1 Å². The van der Waals surface area contributed by atoms with Crippen LogP contribution >= 0.6 is 11.6 Å². The molecule has 3 heteroatoms. The van der Waals surface area contributed by atoms with Crippen LogP contribution in [0.5, 0.6) is 5.75 Å². The molecule has 0 aliphatic heterocycles. The van der Waals surface area contributed by atoms with Gasteiger partial charge >= 0.3 is 0 Å². The molecule has 112 valence electrons. The van der Waals surface area contributed by atoms with Crippen molar-refractivity contribution >= 4 is 11.6 Å². The Labute approximate surface area is 131 Å². The number of hydrogen-bond acceptors (Lipinski definition) is 2. The van der Waals surface area contributed by atoms with E-state index in [0.717, 1.165) is 17.5 Å². The van der Waals surface area contributed by atoms with Crippen LogP contribution in [-0.4, -0.2) is 12.2 Å². The normalized spacial score (nSPS) is 12.5. The third kappa shape index (κ3) is 3.99. The molecule has 0 aromatic heterocycles. The Kier molecular flexibility index (Phi) is 5.27. The first-order valence-corrected chi connectivity index (χ1v) is 7.49. The molecule has 0 amide bonds. The highest BCUT2D eigenvalue weighted by Crippen LogP contribution is 2.32. The van der Waals surface area contributed by atoms with E-state index in [9.17, 15) is 5.11 Å². The second kappa shape index (κ2) is 6.97. The van der Waals surface area contributed by atoms with Crippen LogP contribution < -0.4 is 4.74 Å². The average molecular weight is 305 g/mol. The van der Waals surface area contributed by atoms with Crippen molar-refractivity contribution in [3.63, 3.8) is 0 Å². The first-order valence-electron chi connectivity index (χ1n) is 7.11. The Morgan fingerprint density at radius 2 is 1.90 bits per heavy atom. The monoisotopic (exact) mass is 304 g/mol. The topological polar surface area (TPSA) is 29.5 Å². The fourth-order valence-electron chi connectivity index (χ4n) is 2.45. The molecule has 0 fully saturated rings. The fraction of sp³-hybridized carbons (Fsp3) is 0.333. The zero-order valence-corrected chi connectivity index (χ0v) is 13.4. The number of rotatable bonds is 5.